The Morgan fingerprint density at radius 3 is 1.65 bits per heavy atom. The molecule has 0 radical (unpaired) electrons. The molecule has 0 atom stereocenters. The lowest BCUT2D eigenvalue weighted by molar-refractivity contribution is 0.0291. The second-order valence-electron chi connectivity index (χ2n) is 7.35. The quantitative estimate of drug-likeness (QED) is 0.386. The van der Waals surface area contributed by atoms with Crippen LogP contribution in [0.15, 0.2) is 48.5 Å². The van der Waals surface area contributed by atoms with Crippen molar-refractivity contribution in [2.75, 3.05) is 24.0 Å². The molecular weight excluding hydrogens is 444 g/mol. The Bertz CT molecular complexity index is 1190. The van der Waals surface area contributed by atoms with Crippen LogP contribution in [0.3, 0.4) is 0 Å². The van der Waals surface area contributed by atoms with Crippen LogP contribution in [0.5, 0.6) is 23.0 Å². The van der Waals surface area contributed by atoms with Gasteiger partial charge in [0.2, 0.25) is 13.6 Å². The highest BCUT2D eigenvalue weighted by atomic mass is 16.8. The summed E-state index contributed by atoms with van der Waals surface area (Å²) in [7, 11) is 0. The Hall–Kier alpha value is -4.22. The first-order valence-corrected chi connectivity index (χ1v) is 10.1. The van der Waals surface area contributed by atoms with Gasteiger partial charge in [0.05, 0.1) is 0 Å². The van der Waals surface area contributed by atoms with E-state index in [0.29, 0.717) is 39.7 Å². The van der Waals surface area contributed by atoms with Gasteiger partial charge in [0, 0.05) is 22.4 Å². The maximum absolute atomic E-state index is 11.7. The van der Waals surface area contributed by atoms with Gasteiger partial charge in [0.1, 0.15) is 5.69 Å². The molecule has 10 nitrogen and oxygen atoms in total. The van der Waals surface area contributed by atoms with E-state index in [1.54, 1.807) is 54.6 Å². The van der Waals surface area contributed by atoms with Crippen molar-refractivity contribution in [1.82, 2.24) is 0 Å². The fourth-order valence-corrected chi connectivity index (χ4v) is 3.74. The molecule has 2 aliphatic rings. The molecule has 0 fully saturated rings. The number of anilines is 2. The molecular formula is C24H18N2O8-2. The number of para-hydroxylation sites is 2. The number of benzene rings is 3. The van der Waals surface area contributed by atoms with Crippen LogP contribution in [-0.4, -0.2) is 24.0 Å². The number of fused-ring (bicyclic) bond motifs is 2. The molecule has 3 aromatic carbocycles. The summed E-state index contributed by atoms with van der Waals surface area (Å²) in [6.45, 7) is 0.210. The highest BCUT2D eigenvalue weighted by molar-refractivity contribution is 5.87. The van der Waals surface area contributed by atoms with Crippen LogP contribution < -0.4 is 29.4 Å². The van der Waals surface area contributed by atoms with Gasteiger partial charge < -0.3 is 34.6 Å². The minimum atomic E-state index is -0.593. The highest BCUT2D eigenvalue weighted by Crippen LogP contribution is 2.39. The van der Waals surface area contributed by atoms with E-state index in [4.69, 9.17) is 18.9 Å². The summed E-state index contributed by atoms with van der Waals surface area (Å²) in [5.74, 6) is 2.30. The summed E-state index contributed by atoms with van der Waals surface area (Å²) in [5.41, 5.74) is 1.50. The van der Waals surface area contributed by atoms with Crippen LogP contribution in [0.25, 0.3) is 24.3 Å². The van der Waals surface area contributed by atoms with Crippen LogP contribution >= 0.6 is 0 Å². The molecule has 2 heterocycles. The van der Waals surface area contributed by atoms with E-state index in [1.165, 1.54) is 6.07 Å². The van der Waals surface area contributed by atoms with Crippen LogP contribution in [0.2, 0.25) is 0 Å². The van der Waals surface area contributed by atoms with Crippen molar-refractivity contribution >= 4 is 35.7 Å². The summed E-state index contributed by atoms with van der Waals surface area (Å²) in [6, 6.07) is 13.3. The fraction of sp³-hybridized carbons (Fsp3) is 0.0833. The van der Waals surface area contributed by atoms with E-state index in [-0.39, 0.29) is 35.8 Å². The molecule has 0 spiro atoms. The van der Waals surface area contributed by atoms with Gasteiger partial charge >= 0.3 is 0 Å². The highest BCUT2D eigenvalue weighted by Gasteiger charge is 2.17. The van der Waals surface area contributed by atoms with Crippen LogP contribution in [0, 0.1) is 10.4 Å². The van der Waals surface area contributed by atoms with Crippen molar-refractivity contribution in [3.05, 3.63) is 81.2 Å². The van der Waals surface area contributed by atoms with Crippen molar-refractivity contribution in [3.8, 4) is 23.0 Å². The molecule has 0 saturated carbocycles. The summed E-state index contributed by atoms with van der Waals surface area (Å²) in [5, 5.41) is 42.1. The third-order valence-electron chi connectivity index (χ3n) is 5.33. The van der Waals surface area contributed by atoms with E-state index in [0.717, 1.165) is 6.07 Å². The fourth-order valence-electron chi connectivity index (χ4n) is 3.74. The topological polar surface area (TPSA) is 130 Å². The first-order valence-electron chi connectivity index (χ1n) is 10.1. The molecule has 34 heavy (non-hydrogen) atoms. The molecule has 0 saturated heterocycles. The Labute approximate surface area is 193 Å². The SMILES string of the molecule is [O-]N([O-])c1cc(N(O)O)c(C=Cc2cccc3c2OCO3)cc1C=Cc1cccc2c1OCO2. The lowest BCUT2D eigenvalue weighted by atomic mass is 10.0. The third kappa shape index (κ3) is 4.09. The van der Waals surface area contributed by atoms with E-state index >= 15 is 0 Å². The Morgan fingerprint density at radius 2 is 1.15 bits per heavy atom. The molecule has 0 unspecified atom stereocenters. The third-order valence-corrected chi connectivity index (χ3v) is 5.33. The molecule has 0 bridgehead atoms. The average Bonchev–Trinajstić information content (AvgIpc) is 3.50. The van der Waals surface area contributed by atoms with Gasteiger partial charge in [0.25, 0.3) is 0 Å². The Kier molecular flexibility index (Phi) is 5.70. The van der Waals surface area contributed by atoms with Gasteiger partial charge in [-0.15, -0.1) is 5.23 Å². The largest absolute Gasteiger partial charge is 0.769 e. The zero-order valence-corrected chi connectivity index (χ0v) is 17.6. The number of hydrogen-bond donors (Lipinski definition) is 2. The van der Waals surface area contributed by atoms with Crippen molar-refractivity contribution in [3.63, 3.8) is 0 Å². The van der Waals surface area contributed by atoms with Gasteiger partial charge in [0.15, 0.2) is 23.0 Å². The van der Waals surface area contributed by atoms with E-state index in [2.05, 4.69) is 0 Å². The molecule has 5 rings (SSSR count). The van der Waals surface area contributed by atoms with E-state index in [9.17, 15) is 20.8 Å². The average molecular weight is 462 g/mol. The van der Waals surface area contributed by atoms with Gasteiger partial charge in [-0.25, -0.2) is 0 Å². The maximum Gasteiger partial charge on any atom is 0.231 e. The zero-order chi connectivity index (χ0) is 23.7. The monoisotopic (exact) mass is 462 g/mol. The Balaban J connectivity index is 1.55. The predicted octanol–water partition coefficient (Wildman–Crippen LogP) is 4.87. The van der Waals surface area contributed by atoms with Gasteiger partial charge in [-0.05, 0) is 29.8 Å². The van der Waals surface area contributed by atoms with Crippen molar-refractivity contribution in [2.24, 2.45) is 0 Å². The second kappa shape index (κ2) is 8.96. The van der Waals surface area contributed by atoms with Crippen LogP contribution in [0.4, 0.5) is 11.4 Å². The van der Waals surface area contributed by atoms with E-state index in [1.807, 2.05) is 6.07 Å². The van der Waals surface area contributed by atoms with Crippen molar-refractivity contribution in [2.45, 2.75) is 0 Å². The number of ether oxygens (including phenoxy) is 4. The Morgan fingerprint density at radius 1 is 0.647 bits per heavy atom. The van der Waals surface area contributed by atoms with Crippen LogP contribution in [-0.2, 0) is 0 Å². The minimum Gasteiger partial charge on any atom is -0.769 e. The van der Waals surface area contributed by atoms with Crippen LogP contribution in [0.1, 0.15) is 22.3 Å². The summed E-state index contributed by atoms with van der Waals surface area (Å²) in [6.07, 6.45) is 6.54. The van der Waals surface area contributed by atoms with Crippen molar-refractivity contribution in [1.29, 1.82) is 0 Å². The summed E-state index contributed by atoms with van der Waals surface area (Å²) >= 11 is 0. The number of hydrogen-bond acceptors (Lipinski definition) is 10. The first-order chi connectivity index (χ1) is 16.5. The van der Waals surface area contributed by atoms with Gasteiger partial charge in [-0.3, -0.25) is 10.4 Å². The molecule has 0 aromatic heterocycles. The lowest BCUT2D eigenvalue weighted by Crippen LogP contribution is -2.14. The molecule has 2 aliphatic heterocycles. The zero-order valence-electron chi connectivity index (χ0n) is 17.6. The van der Waals surface area contributed by atoms with Gasteiger partial charge in [-0.1, -0.05) is 48.6 Å². The molecule has 10 heteroatoms. The molecule has 174 valence electrons. The summed E-state index contributed by atoms with van der Waals surface area (Å²) < 4.78 is 21.7. The molecule has 3 aromatic rings. The standard InChI is InChI=1S/C24H18N2O8/c27-25(28)19-12-20(26(29)30)18(10-8-16-4-2-6-22-24(16)34-14-32-22)11-17(19)9-7-15-3-1-5-21-23(15)33-13-31-21/h1-12,27-28H,13-14H2/q-2. The summed E-state index contributed by atoms with van der Waals surface area (Å²) in [4.78, 5) is 0. The number of rotatable bonds is 6. The molecule has 0 aliphatic carbocycles. The lowest BCUT2D eigenvalue weighted by Gasteiger charge is -2.39. The normalized spacial score (nSPS) is 13.8. The molecule has 0 amide bonds. The molecule has 2 N–H and O–H groups in total. The second-order valence-corrected chi connectivity index (χ2v) is 7.35. The minimum absolute atomic E-state index is 0.102. The van der Waals surface area contributed by atoms with Gasteiger partial charge in [-0.2, -0.15) is 0 Å². The van der Waals surface area contributed by atoms with E-state index < -0.39 is 5.23 Å². The number of nitrogens with zero attached hydrogens (tertiary/aromatic N) is 2. The maximum atomic E-state index is 11.7. The smallest absolute Gasteiger partial charge is 0.231 e. The van der Waals surface area contributed by atoms with Crippen molar-refractivity contribution < 1.29 is 29.4 Å². The first kappa shape index (κ1) is 21.6. The predicted molar refractivity (Wildman–Crippen MR) is 125 cm³/mol.